The molecule has 2 unspecified atom stereocenters. The highest BCUT2D eigenvalue weighted by Gasteiger charge is 2.25. The van der Waals surface area contributed by atoms with Gasteiger partial charge in [-0.1, -0.05) is 11.6 Å². The topological polar surface area (TPSA) is 51.4 Å². The molecule has 0 spiro atoms. The third kappa shape index (κ3) is 2.23. The Labute approximate surface area is 100 Å². The molecular weight excluding hydrogens is 226 g/mol. The van der Waals surface area contributed by atoms with E-state index in [0.717, 1.165) is 12.4 Å². The van der Waals surface area contributed by atoms with Crippen LogP contribution >= 0.6 is 11.6 Å². The maximum absolute atomic E-state index is 6.15. The minimum absolute atomic E-state index is 0.201. The van der Waals surface area contributed by atoms with Gasteiger partial charge in [-0.05, 0) is 19.9 Å². The van der Waals surface area contributed by atoms with Crippen molar-refractivity contribution in [3.8, 4) is 0 Å². The first kappa shape index (κ1) is 11.5. The summed E-state index contributed by atoms with van der Waals surface area (Å²) in [7, 11) is 0. The van der Waals surface area contributed by atoms with E-state index in [1.54, 1.807) is 12.3 Å². The minimum atomic E-state index is 0.201. The molecule has 0 aliphatic carbocycles. The number of hydrogen-bond acceptors (Lipinski definition) is 4. The molecule has 1 aromatic heterocycles. The van der Waals surface area contributed by atoms with Crippen LogP contribution in [0.15, 0.2) is 12.3 Å². The summed E-state index contributed by atoms with van der Waals surface area (Å²) < 4.78 is 5.57. The first-order valence-corrected chi connectivity index (χ1v) is 5.75. The van der Waals surface area contributed by atoms with Gasteiger partial charge in [0.15, 0.2) is 0 Å². The lowest BCUT2D eigenvalue weighted by atomic mass is 10.2. The molecule has 1 aliphatic rings. The molecule has 0 radical (unpaired) electrons. The fourth-order valence-electron chi connectivity index (χ4n) is 1.86. The molecule has 1 aliphatic heterocycles. The van der Waals surface area contributed by atoms with E-state index in [9.17, 15) is 0 Å². The Bertz CT molecular complexity index is 385. The van der Waals surface area contributed by atoms with Crippen LogP contribution in [0.1, 0.15) is 13.8 Å². The highest BCUT2D eigenvalue weighted by molar-refractivity contribution is 6.33. The van der Waals surface area contributed by atoms with E-state index in [0.29, 0.717) is 17.3 Å². The van der Waals surface area contributed by atoms with Crippen LogP contribution in [-0.2, 0) is 4.74 Å². The minimum Gasteiger partial charge on any atom is -0.397 e. The van der Waals surface area contributed by atoms with E-state index in [1.807, 2.05) is 6.92 Å². The van der Waals surface area contributed by atoms with Gasteiger partial charge in [0.1, 0.15) is 5.82 Å². The van der Waals surface area contributed by atoms with Crippen molar-refractivity contribution in [3.05, 3.63) is 17.3 Å². The van der Waals surface area contributed by atoms with Crippen LogP contribution in [0.3, 0.4) is 0 Å². The summed E-state index contributed by atoms with van der Waals surface area (Å²) >= 11 is 6.15. The summed E-state index contributed by atoms with van der Waals surface area (Å²) in [5.74, 6) is 0.790. The SMILES string of the molecule is CC1CN(c2ncc(N)cc2Cl)C(C)CO1. The molecule has 88 valence electrons. The van der Waals surface area contributed by atoms with Gasteiger partial charge in [-0.2, -0.15) is 0 Å². The second kappa shape index (κ2) is 4.47. The van der Waals surface area contributed by atoms with E-state index in [1.165, 1.54) is 0 Å². The lowest BCUT2D eigenvalue weighted by Crippen LogP contribution is -2.47. The molecule has 2 atom stereocenters. The van der Waals surface area contributed by atoms with E-state index in [2.05, 4.69) is 16.8 Å². The molecule has 2 N–H and O–H groups in total. The zero-order valence-electron chi connectivity index (χ0n) is 9.48. The molecule has 0 saturated carbocycles. The molecule has 5 heteroatoms. The predicted molar refractivity (Wildman–Crippen MR) is 65.9 cm³/mol. The standard InChI is InChI=1S/C11H16ClN3O/c1-7-6-16-8(2)5-15(7)11-10(12)3-9(13)4-14-11/h3-4,7-8H,5-6,13H2,1-2H3. The average Bonchev–Trinajstić information content (AvgIpc) is 2.22. The van der Waals surface area contributed by atoms with Gasteiger partial charge in [0.05, 0.1) is 35.7 Å². The number of rotatable bonds is 1. The molecular formula is C11H16ClN3O. The maximum Gasteiger partial charge on any atom is 0.147 e. The summed E-state index contributed by atoms with van der Waals surface area (Å²) in [6.07, 6.45) is 1.83. The zero-order valence-corrected chi connectivity index (χ0v) is 10.2. The first-order chi connectivity index (χ1) is 7.58. The number of nitrogens with zero attached hydrogens (tertiary/aromatic N) is 2. The number of morpholine rings is 1. The molecule has 0 bridgehead atoms. The van der Waals surface area contributed by atoms with Crippen molar-refractivity contribution < 1.29 is 4.74 Å². The fraction of sp³-hybridized carbons (Fsp3) is 0.545. The molecule has 0 aromatic carbocycles. The quantitative estimate of drug-likeness (QED) is 0.816. The molecule has 1 fully saturated rings. The Hall–Kier alpha value is -1.00. The van der Waals surface area contributed by atoms with E-state index in [4.69, 9.17) is 22.1 Å². The van der Waals surface area contributed by atoms with Gasteiger partial charge in [-0.25, -0.2) is 4.98 Å². The van der Waals surface area contributed by atoms with Crippen molar-refractivity contribution in [2.75, 3.05) is 23.8 Å². The first-order valence-electron chi connectivity index (χ1n) is 5.37. The van der Waals surface area contributed by atoms with Crippen LogP contribution in [0.5, 0.6) is 0 Å². The molecule has 1 saturated heterocycles. The van der Waals surface area contributed by atoms with Crippen LogP contribution in [0.2, 0.25) is 5.02 Å². The molecule has 16 heavy (non-hydrogen) atoms. The molecule has 0 amide bonds. The highest BCUT2D eigenvalue weighted by Crippen LogP contribution is 2.28. The van der Waals surface area contributed by atoms with Crippen molar-refractivity contribution in [1.29, 1.82) is 0 Å². The van der Waals surface area contributed by atoms with Crippen molar-refractivity contribution in [2.24, 2.45) is 0 Å². The average molecular weight is 242 g/mol. The summed E-state index contributed by atoms with van der Waals surface area (Å²) in [5.41, 5.74) is 6.21. The summed E-state index contributed by atoms with van der Waals surface area (Å²) in [6.45, 7) is 5.64. The monoisotopic (exact) mass is 241 g/mol. The Kier molecular flexibility index (Phi) is 3.21. The number of nitrogen functional groups attached to an aromatic ring is 1. The zero-order chi connectivity index (χ0) is 11.7. The number of anilines is 2. The second-order valence-corrected chi connectivity index (χ2v) is 4.63. The van der Waals surface area contributed by atoms with Crippen molar-refractivity contribution in [2.45, 2.75) is 26.0 Å². The van der Waals surface area contributed by atoms with Crippen LogP contribution in [0, 0.1) is 0 Å². The maximum atomic E-state index is 6.15. The lowest BCUT2D eigenvalue weighted by Gasteiger charge is -2.38. The highest BCUT2D eigenvalue weighted by atomic mass is 35.5. The van der Waals surface area contributed by atoms with Crippen molar-refractivity contribution in [3.63, 3.8) is 0 Å². The molecule has 1 aromatic rings. The molecule has 4 nitrogen and oxygen atoms in total. The number of aromatic nitrogens is 1. The van der Waals surface area contributed by atoms with Crippen LogP contribution < -0.4 is 10.6 Å². The molecule has 2 heterocycles. The van der Waals surface area contributed by atoms with Crippen LogP contribution in [0.25, 0.3) is 0 Å². The van der Waals surface area contributed by atoms with E-state index < -0.39 is 0 Å². The largest absolute Gasteiger partial charge is 0.397 e. The summed E-state index contributed by atoms with van der Waals surface area (Å²) in [4.78, 5) is 6.46. The van der Waals surface area contributed by atoms with Gasteiger partial charge in [-0.3, -0.25) is 0 Å². The summed E-state index contributed by atoms with van der Waals surface area (Å²) in [6, 6.07) is 2.02. The smallest absolute Gasteiger partial charge is 0.147 e. The summed E-state index contributed by atoms with van der Waals surface area (Å²) in [5, 5.41) is 0.598. The van der Waals surface area contributed by atoms with E-state index >= 15 is 0 Å². The van der Waals surface area contributed by atoms with Crippen molar-refractivity contribution >= 4 is 23.1 Å². The van der Waals surface area contributed by atoms with Crippen LogP contribution in [-0.4, -0.2) is 30.3 Å². The van der Waals surface area contributed by atoms with Gasteiger partial charge in [0.2, 0.25) is 0 Å². The molecule has 2 rings (SSSR count). The number of nitrogens with two attached hydrogens (primary N) is 1. The van der Waals surface area contributed by atoms with E-state index in [-0.39, 0.29) is 12.1 Å². The van der Waals surface area contributed by atoms with Gasteiger partial charge in [0, 0.05) is 6.54 Å². The number of ether oxygens (including phenoxy) is 1. The Morgan fingerprint density at radius 2 is 2.31 bits per heavy atom. The third-order valence-electron chi connectivity index (χ3n) is 2.72. The van der Waals surface area contributed by atoms with Gasteiger partial charge < -0.3 is 15.4 Å². The Morgan fingerprint density at radius 1 is 1.56 bits per heavy atom. The Morgan fingerprint density at radius 3 is 3.00 bits per heavy atom. The predicted octanol–water partition coefficient (Wildman–Crippen LogP) is 1.93. The van der Waals surface area contributed by atoms with Crippen LogP contribution in [0.4, 0.5) is 11.5 Å². The second-order valence-electron chi connectivity index (χ2n) is 4.22. The van der Waals surface area contributed by atoms with Gasteiger partial charge >= 0.3 is 0 Å². The third-order valence-corrected chi connectivity index (χ3v) is 3.00. The number of halogens is 1. The van der Waals surface area contributed by atoms with Gasteiger partial charge in [-0.15, -0.1) is 0 Å². The van der Waals surface area contributed by atoms with Crippen molar-refractivity contribution in [1.82, 2.24) is 4.98 Å². The number of pyridine rings is 1. The Balaban J connectivity index is 2.28. The van der Waals surface area contributed by atoms with Gasteiger partial charge in [0.25, 0.3) is 0 Å². The normalized spacial score (nSPS) is 25.8. The number of hydrogen-bond donors (Lipinski definition) is 1. The fourth-order valence-corrected chi connectivity index (χ4v) is 2.14. The lowest BCUT2D eigenvalue weighted by molar-refractivity contribution is 0.0340.